The molecule has 5 heteroatoms. The molecule has 0 aliphatic carbocycles. The van der Waals surface area contributed by atoms with Crippen LogP contribution in [0.2, 0.25) is 0 Å². The number of aldehydes is 1. The van der Waals surface area contributed by atoms with Crippen LogP contribution in [0.5, 0.6) is 5.75 Å². The summed E-state index contributed by atoms with van der Waals surface area (Å²) < 4.78 is 32.4. The Balaban J connectivity index is 2.75. The standard InChI is InChI=1S/C18H19F2NO2/c1-5-6-7-17(12(2)3)21-13(4)11-23-18-9-15(19)14(10-22)8-16(18)20/h5-10,21H,1,4,11H2,2-3H3/b7-6-. The first-order chi connectivity index (χ1) is 10.9. The highest BCUT2D eigenvalue weighted by Gasteiger charge is 2.11. The molecule has 0 atom stereocenters. The van der Waals surface area contributed by atoms with Gasteiger partial charge >= 0.3 is 0 Å². The Kier molecular flexibility index (Phi) is 6.93. The number of ether oxygens (including phenoxy) is 1. The fourth-order valence-corrected chi connectivity index (χ4v) is 1.63. The van der Waals surface area contributed by atoms with Crippen molar-refractivity contribution >= 4 is 6.29 Å². The minimum Gasteiger partial charge on any atom is -0.484 e. The van der Waals surface area contributed by atoms with Gasteiger partial charge in [0.25, 0.3) is 0 Å². The van der Waals surface area contributed by atoms with Crippen molar-refractivity contribution in [3.63, 3.8) is 0 Å². The molecule has 0 aliphatic heterocycles. The number of benzene rings is 1. The van der Waals surface area contributed by atoms with Crippen LogP contribution in [0.4, 0.5) is 8.78 Å². The molecule has 1 N–H and O–H groups in total. The van der Waals surface area contributed by atoms with Crippen LogP contribution in [0.3, 0.4) is 0 Å². The average molecular weight is 319 g/mol. The molecule has 122 valence electrons. The number of allylic oxidation sites excluding steroid dienone is 4. The van der Waals surface area contributed by atoms with Crippen molar-refractivity contribution in [2.24, 2.45) is 0 Å². The highest BCUT2D eigenvalue weighted by atomic mass is 19.1. The smallest absolute Gasteiger partial charge is 0.166 e. The third-order valence-electron chi connectivity index (χ3n) is 2.83. The van der Waals surface area contributed by atoms with E-state index in [1.807, 2.05) is 19.9 Å². The summed E-state index contributed by atoms with van der Waals surface area (Å²) in [6, 6.07) is 1.63. The van der Waals surface area contributed by atoms with Crippen LogP contribution in [0.1, 0.15) is 24.2 Å². The van der Waals surface area contributed by atoms with E-state index in [9.17, 15) is 13.6 Å². The lowest BCUT2D eigenvalue weighted by Gasteiger charge is -2.14. The van der Waals surface area contributed by atoms with E-state index in [1.165, 1.54) is 0 Å². The fourth-order valence-electron chi connectivity index (χ4n) is 1.63. The van der Waals surface area contributed by atoms with Gasteiger partial charge in [-0.2, -0.15) is 0 Å². The van der Waals surface area contributed by atoms with Crippen LogP contribution in [-0.4, -0.2) is 12.9 Å². The molecule has 0 amide bonds. The lowest BCUT2D eigenvalue weighted by molar-refractivity contribution is 0.111. The second-order valence-corrected chi connectivity index (χ2v) is 4.95. The molecule has 0 bridgehead atoms. The summed E-state index contributed by atoms with van der Waals surface area (Å²) in [6.45, 7) is 11.1. The molecule has 23 heavy (non-hydrogen) atoms. The zero-order valence-electron chi connectivity index (χ0n) is 13.2. The summed E-state index contributed by atoms with van der Waals surface area (Å²) in [5.41, 5.74) is 1.93. The lowest BCUT2D eigenvalue weighted by Crippen LogP contribution is -2.18. The monoisotopic (exact) mass is 319 g/mol. The van der Waals surface area contributed by atoms with Crippen LogP contribution in [-0.2, 0) is 0 Å². The first-order valence-corrected chi connectivity index (χ1v) is 6.87. The van der Waals surface area contributed by atoms with Gasteiger partial charge in [0.05, 0.1) is 5.56 Å². The van der Waals surface area contributed by atoms with Gasteiger partial charge in [-0.3, -0.25) is 4.79 Å². The Morgan fingerprint density at radius 2 is 2.00 bits per heavy atom. The minimum absolute atomic E-state index is 0.0600. The molecule has 0 aromatic heterocycles. The highest BCUT2D eigenvalue weighted by molar-refractivity contribution is 5.75. The normalized spacial score (nSPS) is 10.3. The predicted octanol–water partition coefficient (Wildman–Crippen LogP) is 4.30. The number of carbonyl (C=O) groups excluding carboxylic acids is 1. The number of hydrogen-bond donors (Lipinski definition) is 1. The fraction of sp³-hybridized carbons (Fsp3) is 0.167. The van der Waals surface area contributed by atoms with Crippen LogP contribution >= 0.6 is 0 Å². The quantitative estimate of drug-likeness (QED) is 0.573. The van der Waals surface area contributed by atoms with E-state index in [0.717, 1.165) is 23.4 Å². The second kappa shape index (κ2) is 8.68. The van der Waals surface area contributed by atoms with Gasteiger partial charge in [-0.1, -0.05) is 30.9 Å². The van der Waals surface area contributed by atoms with E-state index in [1.54, 1.807) is 12.2 Å². The van der Waals surface area contributed by atoms with Crippen molar-refractivity contribution in [1.29, 1.82) is 0 Å². The third kappa shape index (κ3) is 5.54. The van der Waals surface area contributed by atoms with Crippen molar-refractivity contribution in [2.75, 3.05) is 6.61 Å². The Hall–Kier alpha value is -2.69. The van der Waals surface area contributed by atoms with E-state index in [2.05, 4.69) is 18.5 Å². The van der Waals surface area contributed by atoms with Crippen LogP contribution in [0, 0.1) is 11.6 Å². The SMILES string of the molecule is C=C/C=C\C(NC(=C)COc1cc(F)c(C=O)cc1F)=C(C)C. The van der Waals surface area contributed by atoms with Crippen molar-refractivity contribution in [2.45, 2.75) is 13.8 Å². The molecule has 1 rings (SSSR count). The maximum atomic E-state index is 13.7. The van der Waals surface area contributed by atoms with E-state index in [4.69, 9.17) is 4.74 Å². The molecule has 3 nitrogen and oxygen atoms in total. The summed E-state index contributed by atoms with van der Waals surface area (Å²) in [4.78, 5) is 10.5. The summed E-state index contributed by atoms with van der Waals surface area (Å²) in [6.07, 6.45) is 5.45. The van der Waals surface area contributed by atoms with Crippen LogP contribution < -0.4 is 10.1 Å². The Labute approximate surface area is 134 Å². The summed E-state index contributed by atoms with van der Waals surface area (Å²) >= 11 is 0. The number of carbonyl (C=O) groups is 1. The Morgan fingerprint density at radius 3 is 2.57 bits per heavy atom. The molecule has 1 aromatic rings. The van der Waals surface area contributed by atoms with Crippen molar-refractivity contribution < 1.29 is 18.3 Å². The van der Waals surface area contributed by atoms with E-state index in [-0.39, 0.29) is 24.2 Å². The first-order valence-electron chi connectivity index (χ1n) is 6.87. The van der Waals surface area contributed by atoms with Crippen molar-refractivity contribution in [3.8, 4) is 5.75 Å². The van der Waals surface area contributed by atoms with Gasteiger partial charge in [-0.15, -0.1) is 0 Å². The molecule has 0 fully saturated rings. The first kappa shape index (κ1) is 18.4. The maximum Gasteiger partial charge on any atom is 0.166 e. The Bertz CT molecular complexity index is 672. The topological polar surface area (TPSA) is 38.3 Å². The number of nitrogens with one attached hydrogen (secondary N) is 1. The molecule has 0 aliphatic rings. The van der Waals surface area contributed by atoms with E-state index in [0.29, 0.717) is 5.70 Å². The van der Waals surface area contributed by atoms with Gasteiger partial charge in [0.1, 0.15) is 12.4 Å². The summed E-state index contributed by atoms with van der Waals surface area (Å²) in [7, 11) is 0. The van der Waals surface area contributed by atoms with Gasteiger partial charge in [-0.25, -0.2) is 8.78 Å². The minimum atomic E-state index is -0.839. The van der Waals surface area contributed by atoms with Crippen LogP contribution in [0.25, 0.3) is 0 Å². The summed E-state index contributed by atoms with van der Waals surface area (Å²) in [5, 5.41) is 3.03. The van der Waals surface area contributed by atoms with Crippen molar-refractivity contribution in [3.05, 3.63) is 77.7 Å². The van der Waals surface area contributed by atoms with Gasteiger partial charge in [-0.05, 0) is 26.0 Å². The maximum absolute atomic E-state index is 13.7. The zero-order valence-corrected chi connectivity index (χ0v) is 13.2. The average Bonchev–Trinajstić information content (AvgIpc) is 2.51. The number of rotatable bonds is 8. The number of hydrogen-bond acceptors (Lipinski definition) is 3. The van der Waals surface area contributed by atoms with Crippen LogP contribution in [0.15, 0.2) is 60.5 Å². The van der Waals surface area contributed by atoms with E-state index >= 15 is 0 Å². The van der Waals surface area contributed by atoms with Gasteiger partial charge in [0.15, 0.2) is 17.9 Å². The van der Waals surface area contributed by atoms with Gasteiger partial charge in [0, 0.05) is 17.5 Å². The molecule has 0 radical (unpaired) electrons. The molecule has 0 saturated heterocycles. The van der Waals surface area contributed by atoms with E-state index < -0.39 is 11.6 Å². The molecular weight excluding hydrogens is 300 g/mol. The molecule has 1 aromatic carbocycles. The summed E-state index contributed by atoms with van der Waals surface area (Å²) in [5.74, 6) is -1.93. The van der Waals surface area contributed by atoms with Gasteiger partial charge < -0.3 is 10.1 Å². The second-order valence-electron chi connectivity index (χ2n) is 4.95. The molecular formula is C18H19F2NO2. The molecule has 0 spiro atoms. The Morgan fingerprint density at radius 1 is 1.30 bits per heavy atom. The van der Waals surface area contributed by atoms with Crippen molar-refractivity contribution in [1.82, 2.24) is 5.32 Å². The third-order valence-corrected chi connectivity index (χ3v) is 2.83. The van der Waals surface area contributed by atoms with Gasteiger partial charge in [0.2, 0.25) is 0 Å². The predicted molar refractivity (Wildman–Crippen MR) is 87.2 cm³/mol. The highest BCUT2D eigenvalue weighted by Crippen LogP contribution is 2.21. The number of halogens is 2. The molecule has 0 unspecified atom stereocenters. The lowest BCUT2D eigenvalue weighted by atomic mass is 10.2. The molecule has 0 heterocycles. The zero-order chi connectivity index (χ0) is 17.4. The molecule has 0 saturated carbocycles. The largest absolute Gasteiger partial charge is 0.484 e.